The highest BCUT2D eigenvalue weighted by atomic mass is 32.1. The Morgan fingerprint density at radius 3 is 2.37 bits per heavy atom. The van der Waals surface area contributed by atoms with Crippen molar-refractivity contribution < 1.29 is 4.79 Å². The molecule has 0 bridgehead atoms. The number of carbonyl (C=O) groups is 1. The van der Waals surface area contributed by atoms with Gasteiger partial charge in [-0.25, -0.2) is 9.97 Å². The second-order valence-electron chi connectivity index (χ2n) is 7.49. The number of aromatic nitrogens is 2. The molecule has 0 atom stereocenters. The van der Waals surface area contributed by atoms with Crippen LogP contribution in [-0.2, 0) is 11.3 Å². The molecule has 0 aliphatic carbocycles. The number of hydrogen-bond acceptors (Lipinski definition) is 7. The SMILES string of the molecule is Cc1csc(N2CCN(C(=O)C3CCN(Cc4csc(C)n4)CC3)CC2)n1. The topological polar surface area (TPSA) is 52.6 Å². The van der Waals surface area contributed by atoms with E-state index in [0.29, 0.717) is 5.91 Å². The van der Waals surface area contributed by atoms with Gasteiger partial charge in [-0.1, -0.05) is 0 Å². The molecule has 0 radical (unpaired) electrons. The van der Waals surface area contributed by atoms with E-state index in [-0.39, 0.29) is 5.92 Å². The molecular weight excluding hydrogens is 378 g/mol. The lowest BCUT2D eigenvalue weighted by Crippen LogP contribution is -2.51. The molecule has 2 aliphatic heterocycles. The van der Waals surface area contributed by atoms with Crippen LogP contribution in [0.5, 0.6) is 0 Å². The minimum Gasteiger partial charge on any atom is -0.345 e. The lowest BCUT2D eigenvalue weighted by molar-refractivity contribution is -0.137. The van der Waals surface area contributed by atoms with Crippen molar-refractivity contribution in [3.63, 3.8) is 0 Å². The number of aryl methyl sites for hydroxylation is 2. The molecule has 4 rings (SSSR count). The van der Waals surface area contributed by atoms with E-state index in [4.69, 9.17) is 0 Å². The summed E-state index contributed by atoms with van der Waals surface area (Å²) in [7, 11) is 0. The molecule has 2 saturated heterocycles. The van der Waals surface area contributed by atoms with Crippen LogP contribution < -0.4 is 4.90 Å². The molecular formula is C19H27N5OS2. The summed E-state index contributed by atoms with van der Waals surface area (Å²) >= 11 is 3.41. The van der Waals surface area contributed by atoms with Crippen LogP contribution in [0.25, 0.3) is 0 Å². The Labute approximate surface area is 168 Å². The fraction of sp³-hybridized carbons (Fsp3) is 0.632. The minimum atomic E-state index is 0.187. The van der Waals surface area contributed by atoms with Crippen molar-refractivity contribution in [3.05, 3.63) is 27.2 Å². The lowest BCUT2D eigenvalue weighted by atomic mass is 9.95. The summed E-state index contributed by atoms with van der Waals surface area (Å²) in [6.45, 7) is 10.4. The Balaban J connectivity index is 1.24. The van der Waals surface area contributed by atoms with Gasteiger partial charge in [-0.15, -0.1) is 22.7 Å². The molecule has 2 aliphatic rings. The number of carbonyl (C=O) groups excluding carboxylic acids is 1. The van der Waals surface area contributed by atoms with Crippen LogP contribution in [0.3, 0.4) is 0 Å². The van der Waals surface area contributed by atoms with Gasteiger partial charge in [0, 0.05) is 49.4 Å². The Morgan fingerprint density at radius 1 is 1.04 bits per heavy atom. The summed E-state index contributed by atoms with van der Waals surface area (Å²) < 4.78 is 0. The molecule has 2 aromatic heterocycles. The number of piperazine rings is 1. The van der Waals surface area contributed by atoms with Gasteiger partial charge >= 0.3 is 0 Å². The van der Waals surface area contributed by atoms with E-state index in [2.05, 4.69) is 42.4 Å². The molecule has 0 saturated carbocycles. The molecule has 8 heteroatoms. The number of hydrogen-bond donors (Lipinski definition) is 0. The van der Waals surface area contributed by atoms with E-state index in [9.17, 15) is 4.79 Å². The third kappa shape index (κ3) is 4.50. The number of likely N-dealkylation sites (tertiary alicyclic amines) is 1. The summed E-state index contributed by atoms with van der Waals surface area (Å²) in [5.41, 5.74) is 2.24. The van der Waals surface area contributed by atoms with Gasteiger partial charge < -0.3 is 9.80 Å². The highest BCUT2D eigenvalue weighted by Crippen LogP contribution is 2.25. The second-order valence-corrected chi connectivity index (χ2v) is 9.39. The fourth-order valence-corrected chi connectivity index (χ4v) is 5.37. The van der Waals surface area contributed by atoms with Gasteiger partial charge in [0.25, 0.3) is 0 Å². The minimum absolute atomic E-state index is 0.187. The first kappa shape index (κ1) is 18.8. The highest BCUT2D eigenvalue weighted by Gasteiger charge is 2.31. The zero-order valence-corrected chi connectivity index (χ0v) is 17.7. The number of anilines is 1. The number of rotatable bonds is 4. The molecule has 27 heavy (non-hydrogen) atoms. The van der Waals surface area contributed by atoms with Crippen LogP contribution in [0.1, 0.15) is 29.2 Å². The van der Waals surface area contributed by atoms with Gasteiger partial charge in [-0.05, 0) is 39.8 Å². The highest BCUT2D eigenvalue weighted by molar-refractivity contribution is 7.13. The van der Waals surface area contributed by atoms with Crippen molar-refractivity contribution in [2.45, 2.75) is 33.2 Å². The van der Waals surface area contributed by atoms with Crippen molar-refractivity contribution in [3.8, 4) is 0 Å². The van der Waals surface area contributed by atoms with Gasteiger partial charge in [-0.2, -0.15) is 0 Å². The summed E-state index contributed by atoms with van der Waals surface area (Å²) in [5, 5.41) is 6.45. The second kappa shape index (κ2) is 8.24. The van der Waals surface area contributed by atoms with Crippen molar-refractivity contribution >= 4 is 33.7 Å². The summed E-state index contributed by atoms with van der Waals surface area (Å²) in [6, 6.07) is 0. The number of thiazole rings is 2. The van der Waals surface area contributed by atoms with E-state index >= 15 is 0 Å². The normalized spacial score (nSPS) is 19.6. The van der Waals surface area contributed by atoms with Crippen molar-refractivity contribution in [1.29, 1.82) is 0 Å². The van der Waals surface area contributed by atoms with Crippen LogP contribution in [0.15, 0.2) is 10.8 Å². The molecule has 0 spiro atoms. The monoisotopic (exact) mass is 405 g/mol. The summed E-state index contributed by atoms with van der Waals surface area (Å²) in [6.07, 6.45) is 1.93. The zero-order chi connectivity index (χ0) is 18.8. The Hall–Kier alpha value is -1.51. The molecule has 0 N–H and O–H groups in total. The van der Waals surface area contributed by atoms with Gasteiger partial charge in [0.1, 0.15) is 0 Å². The quantitative estimate of drug-likeness (QED) is 0.783. The average Bonchev–Trinajstić information content (AvgIpc) is 3.30. The van der Waals surface area contributed by atoms with Crippen molar-refractivity contribution in [1.82, 2.24) is 19.8 Å². The molecule has 2 aromatic rings. The average molecular weight is 406 g/mol. The first-order chi connectivity index (χ1) is 13.1. The van der Waals surface area contributed by atoms with E-state index < -0.39 is 0 Å². The third-order valence-corrected chi connectivity index (χ3v) is 7.30. The first-order valence-electron chi connectivity index (χ1n) is 9.68. The van der Waals surface area contributed by atoms with Crippen LogP contribution in [-0.4, -0.2) is 64.9 Å². The standard InChI is InChI=1S/C19H27N5OS2/c1-14-12-27-19(20-14)24-9-7-23(8-10-24)18(25)16-3-5-22(6-4-16)11-17-13-26-15(2)21-17/h12-13,16H,3-11H2,1-2H3. The van der Waals surface area contributed by atoms with Crippen LogP contribution in [0.4, 0.5) is 5.13 Å². The predicted molar refractivity (Wildman–Crippen MR) is 110 cm³/mol. The first-order valence-corrected chi connectivity index (χ1v) is 11.4. The summed E-state index contributed by atoms with van der Waals surface area (Å²) in [4.78, 5) is 28.9. The lowest BCUT2D eigenvalue weighted by Gasteiger charge is -2.38. The molecule has 2 fully saturated rings. The van der Waals surface area contributed by atoms with Gasteiger partial charge in [0.2, 0.25) is 5.91 Å². The number of piperidine rings is 1. The van der Waals surface area contributed by atoms with Crippen LogP contribution >= 0.6 is 22.7 Å². The van der Waals surface area contributed by atoms with E-state index in [1.54, 1.807) is 22.7 Å². The maximum atomic E-state index is 12.9. The molecule has 4 heterocycles. The van der Waals surface area contributed by atoms with Crippen molar-refractivity contribution in [2.24, 2.45) is 5.92 Å². The van der Waals surface area contributed by atoms with Gasteiger partial charge in [0.05, 0.1) is 16.4 Å². The van der Waals surface area contributed by atoms with E-state index in [1.165, 1.54) is 0 Å². The molecule has 0 aromatic carbocycles. The molecule has 146 valence electrons. The van der Waals surface area contributed by atoms with Crippen molar-refractivity contribution in [2.75, 3.05) is 44.2 Å². The van der Waals surface area contributed by atoms with E-state index in [1.807, 2.05) is 6.92 Å². The zero-order valence-electron chi connectivity index (χ0n) is 16.1. The Kier molecular flexibility index (Phi) is 5.75. The maximum absolute atomic E-state index is 12.9. The molecule has 0 unspecified atom stereocenters. The predicted octanol–water partition coefficient (Wildman–Crippen LogP) is 2.78. The van der Waals surface area contributed by atoms with Gasteiger partial charge in [-0.3, -0.25) is 9.69 Å². The number of nitrogens with zero attached hydrogens (tertiary/aromatic N) is 5. The Bertz CT molecular complexity index is 773. The van der Waals surface area contributed by atoms with Crippen LogP contribution in [0, 0.1) is 19.8 Å². The smallest absolute Gasteiger partial charge is 0.225 e. The fourth-order valence-electron chi connectivity index (χ4n) is 3.91. The van der Waals surface area contributed by atoms with Gasteiger partial charge in [0.15, 0.2) is 5.13 Å². The maximum Gasteiger partial charge on any atom is 0.225 e. The van der Waals surface area contributed by atoms with E-state index in [0.717, 1.165) is 80.2 Å². The summed E-state index contributed by atoms with van der Waals surface area (Å²) in [5.74, 6) is 0.543. The third-order valence-electron chi connectivity index (χ3n) is 5.46. The number of amides is 1. The molecule has 1 amide bonds. The molecule has 6 nitrogen and oxygen atoms in total. The van der Waals surface area contributed by atoms with Crippen LogP contribution in [0.2, 0.25) is 0 Å². The Morgan fingerprint density at radius 2 is 1.78 bits per heavy atom. The largest absolute Gasteiger partial charge is 0.345 e.